The van der Waals surface area contributed by atoms with Crippen molar-refractivity contribution in [2.24, 2.45) is 0 Å². The predicted molar refractivity (Wildman–Crippen MR) is 71.5 cm³/mol. The third kappa shape index (κ3) is 2.76. The Bertz CT molecular complexity index is 357. The highest BCUT2D eigenvalue weighted by molar-refractivity contribution is 5.05. The van der Waals surface area contributed by atoms with E-state index >= 15 is 0 Å². The molecule has 4 heteroatoms. The van der Waals surface area contributed by atoms with Crippen LogP contribution in [0.4, 0.5) is 0 Å². The highest BCUT2D eigenvalue weighted by atomic mass is 16.3. The van der Waals surface area contributed by atoms with Gasteiger partial charge in [0.05, 0.1) is 12.5 Å². The minimum Gasteiger partial charge on any atom is -0.472 e. The Morgan fingerprint density at radius 2 is 2.06 bits per heavy atom. The highest BCUT2D eigenvalue weighted by Gasteiger charge is 2.29. The third-order valence-electron chi connectivity index (χ3n) is 4.29. The van der Waals surface area contributed by atoms with Crippen LogP contribution in [0.15, 0.2) is 23.0 Å². The van der Waals surface area contributed by atoms with Gasteiger partial charge in [0, 0.05) is 57.4 Å². The summed E-state index contributed by atoms with van der Waals surface area (Å²) in [6.45, 7) is 8.40. The Morgan fingerprint density at radius 1 is 1.22 bits per heavy atom. The zero-order chi connectivity index (χ0) is 12.4. The number of hydrogen-bond donors (Lipinski definition) is 0. The summed E-state index contributed by atoms with van der Waals surface area (Å²) in [4.78, 5) is 7.65. The van der Waals surface area contributed by atoms with E-state index in [9.17, 15) is 0 Å². The van der Waals surface area contributed by atoms with Crippen LogP contribution >= 0.6 is 0 Å². The Labute approximate surface area is 109 Å². The molecule has 0 radical (unpaired) electrons. The second kappa shape index (κ2) is 5.43. The second-order valence-corrected chi connectivity index (χ2v) is 5.65. The minimum absolute atomic E-state index is 0.769. The summed E-state index contributed by atoms with van der Waals surface area (Å²) in [7, 11) is 2.22. The monoisotopic (exact) mass is 249 g/mol. The number of likely N-dealkylation sites (N-methyl/N-ethyl adjacent to an activating group) is 1. The van der Waals surface area contributed by atoms with Crippen LogP contribution in [0.5, 0.6) is 0 Å². The number of piperazine rings is 1. The molecule has 1 aromatic heterocycles. The molecule has 1 aromatic rings. The maximum absolute atomic E-state index is 5.14. The fourth-order valence-electron chi connectivity index (χ4n) is 3.08. The summed E-state index contributed by atoms with van der Waals surface area (Å²) < 4.78 is 5.14. The van der Waals surface area contributed by atoms with Crippen molar-refractivity contribution in [3.8, 4) is 0 Å². The maximum Gasteiger partial charge on any atom is 0.0947 e. The summed E-state index contributed by atoms with van der Waals surface area (Å²) in [6.07, 6.45) is 4.95. The molecule has 0 bridgehead atoms. The molecular formula is C14H23N3O. The van der Waals surface area contributed by atoms with Gasteiger partial charge in [-0.05, 0) is 19.5 Å². The first-order valence-corrected chi connectivity index (χ1v) is 6.97. The van der Waals surface area contributed by atoms with E-state index in [1.54, 1.807) is 6.26 Å². The van der Waals surface area contributed by atoms with Gasteiger partial charge in [-0.1, -0.05) is 0 Å². The van der Waals surface area contributed by atoms with Crippen molar-refractivity contribution >= 4 is 0 Å². The van der Waals surface area contributed by atoms with E-state index in [4.69, 9.17) is 4.42 Å². The summed E-state index contributed by atoms with van der Waals surface area (Å²) in [6, 6.07) is 2.84. The molecule has 3 heterocycles. The number of nitrogens with zero attached hydrogens (tertiary/aromatic N) is 3. The van der Waals surface area contributed by atoms with E-state index in [0.29, 0.717) is 0 Å². The van der Waals surface area contributed by atoms with Gasteiger partial charge < -0.3 is 9.32 Å². The van der Waals surface area contributed by atoms with Crippen molar-refractivity contribution in [2.45, 2.75) is 19.0 Å². The van der Waals surface area contributed by atoms with Crippen LogP contribution in [0.3, 0.4) is 0 Å². The van der Waals surface area contributed by atoms with Crippen molar-refractivity contribution in [1.82, 2.24) is 14.7 Å². The van der Waals surface area contributed by atoms with E-state index < -0.39 is 0 Å². The number of likely N-dealkylation sites (tertiary alicyclic amines) is 1. The molecule has 0 unspecified atom stereocenters. The van der Waals surface area contributed by atoms with Crippen molar-refractivity contribution in [2.75, 3.05) is 46.3 Å². The van der Waals surface area contributed by atoms with Gasteiger partial charge in [-0.25, -0.2) is 0 Å². The summed E-state index contributed by atoms with van der Waals surface area (Å²) in [5.74, 6) is 0. The van der Waals surface area contributed by atoms with Gasteiger partial charge in [-0.3, -0.25) is 9.80 Å². The molecule has 1 atom stereocenters. The smallest absolute Gasteiger partial charge is 0.0947 e. The lowest BCUT2D eigenvalue weighted by molar-refractivity contribution is 0.112. The van der Waals surface area contributed by atoms with Crippen LogP contribution in [-0.4, -0.2) is 67.1 Å². The van der Waals surface area contributed by atoms with E-state index in [1.165, 1.54) is 51.3 Å². The van der Waals surface area contributed by atoms with Crippen molar-refractivity contribution in [1.29, 1.82) is 0 Å². The van der Waals surface area contributed by atoms with E-state index in [0.717, 1.165) is 12.6 Å². The first-order valence-electron chi connectivity index (χ1n) is 6.97. The Hall–Kier alpha value is -0.840. The number of furan rings is 1. The van der Waals surface area contributed by atoms with Crippen LogP contribution in [-0.2, 0) is 6.54 Å². The van der Waals surface area contributed by atoms with Crippen LogP contribution in [0.2, 0.25) is 0 Å². The summed E-state index contributed by atoms with van der Waals surface area (Å²) in [5.41, 5.74) is 1.30. The van der Waals surface area contributed by atoms with Crippen molar-refractivity contribution < 1.29 is 4.42 Å². The lowest BCUT2D eigenvalue weighted by atomic mass is 10.2. The fourth-order valence-corrected chi connectivity index (χ4v) is 3.08. The first kappa shape index (κ1) is 12.2. The lowest BCUT2D eigenvalue weighted by Gasteiger charge is -2.36. The van der Waals surface area contributed by atoms with Crippen LogP contribution in [0.1, 0.15) is 12.0 Å². The summed E-state index contributed by atoms with van der Waals surface area (Å²) in [5, 5.41) is 0. The van der Waals surface area contributed by atoms with Gasteiger partial charge in [-0.15, -0.1) is 0 Å². The van der Waals surface area contributed by atoms with E-state index in [-0.39, 0.29) is 0 Å². The first-order chi connectivity index (χ1) is 8.81. The van der Waals surface area contributed by atoms with Crippen LogP contribution in [0, 0.1) is 0 Å². The van der Waals surface area contributed by atoms with E-state index in [2.05, 4.69) is 27.8 Å². The molecular weight excluding hydrogens is 226 g/mol. The molecule has 0 aliphatic carbocycles. The molecule has 3 rings (SSSR count). The fraction of sp³-hybridized carbons (Fsp3) is 0.714. The molecule has 4 nitrogen and oxygen atoms in total. The number of rotatable bonds is 3. The second-order valence-electron chi connectivity index (χ2n) is 5.65. The molecule has 0 spiro atoms. The SMILES string of the molecule is CN1CCN([C@@H]2CCN(Cc3ccoc3)C2)CC1. The molecule has 2 aliphatic rings. The topological polar surface area (TPSA) is 22.9 Å². The van der Waals surface area contributed by atoms with Gasteiger partial charge in [0.1, 0.15) is 0 Å². The molecule has 2 fully saturated rings. The van der Waals surface area contributed by atoms with Gasteiger partial charge in [-0.2, -0.15) is 0 Å². The van der Waals surface area contributed by atoms with Crippen molar-refractivity contribution in [3.05, 3.63) is 24.2 Å². The molecule has 2 aliphatic heterocycles. The third-order valence-corrected chi connectivity index (χ3v) is 4.29. The molecule has 0 saturated carbocycles. The number of hydrogen-bond acceptors (Lipinski definition) is 4. The van der Waals surface area contributed by atoms with Crippen LogP contribution < -0.4 is 0 Å². The Balaban J connectivity index is 1.49. The molecule has 0 N–H and O–H groups in total. The quantitative estimate of drug-likeness (QED) is 0.800. The zero-order valence-electron chi connectivity index (χ0n) is 11.2. The lowest BCUT2D eigenvalue weighted by Crippen LogP contribution is -2.49. The highest BCUT2D eigenvalue weighted by Crippen LogP contribution is 2.19. The standard InChI is InChI=1S/C14H23N3O/c1-15-5-7-17(8-6-15)14-2-4-16(11-14)10-13-3-9-18-12-13/h3,9,12,14H,2,4-8,10-11H2,1H3/t14-/m1/s1. The van der Waals surface area contributed by atoms with Crippen LogP contribution in [0.25, 0.3) is 0 Å². The molecule has 0 amide bonds. The predicted octanol–water partition coefficient (Wildman–Crippen LogP) is 1.10. The molecule has 100 valence electrons. The molecule has 18 heavy (non-hydrogen) atoms. The maximum atomic E-state index is 5.14. The summed E-state index contributed by atoms with van der Waals surface area (Å²) >= 11 is 0. The zero-order valence-corrected chi connectivity index (χ0v) is 11.2. The van der Waals surface area contributed by atoms with Crippen molar-refractivity contribution in [3.63, 3.8) is 0 Å². The van der Waals surface area contributed by atoms with Gasteiger partial charge in [0.2, 0.25) is 0 Å². The van der Waals surface area contributed by atoms with Gasteiger partial charge >= 0.3 is 0 Å². The Kier molecular flexibility index (Phi) is 3.68. The van der Waals surface area contributed by atoms with Gasteiger partial charge in [0.25, 0.3) is 0 Å². The minimum atomic E-state index is 0.769. The Morgan fingerprint density at radius 3 is 2.78 bits per heavy atom. The average molecular weight is 249 g/mol. The average Bonchev–Trinajstić information content (AvgIpc) is 3.02. The van der Waals surface area contributed by atoms with Gasteiger partial charge in [0.15, 0.2) is 0 Å². The van der Waals surface area contributed by atoms with E-state index in [1.807, 2.05) is 6.26 Å². The molecule has 0 aromatic carbocycles. The largest absolute Gasteiger partial charge is 0.472 e. The molecule has 2 saturated heterocycles. The normalized spacial score (nSPS) is 27.9.